The van der Waals surface area contributed by atoms with Gasteiger partial charge in [-0.05, 0) is 31.0 Å². The predicted octanol–water partition coefficient (Wildman–Crippen LogP) is 6.20. The molecule has 0 aliphatic carbocycles. The van der Waals surface area contributed by atoms with Gasteiger partial charge in [-0.2, -0.15) is 0 Å². The van der Waals surface area contributed by atoms with Crippen LogP contribution in [0.5, 0.6) is 0 Å². The normalized spacial score (nSPS) is 8.75. The highest BCUT2D eigenvalue weighted by molar-refractivity contribution is 15.0. The number of nitrogens with one attached hydrogen (secondary N) is 1. The summed E-state index contributed by atoms with van der Waals surface area (Å²) in [5, 5.41) is 3.19. The van der Waals surface area contributed by atoms with Gasteiger partial charge in [0.2, 0.25) is 0 Å². The third kappa shape index (κ3) is 5.55. The highest BCUT2D eigenvalue weighted by Gasteiger charge is 2.06. The number of anilines is 1. The minimum atomic E-state index is 1.04. The molecule has 0 aliphatic rings. The summed E-state index contributed by atoms with van der Waals surface area (Å²) in [6.45, 7) is 8.14. The Morgan fingerprint density at radius 1 is 1.00 bits per heavy atom. The Labute approximate surface area is 146 Å². The summed E-state index contributed by atoms with van der Waals surface area (Å²) in [5.41, 5.74) is 5.87. The summed E-state index contributed by atoms with van der Waals surface area (Å²) in [6.07, 6.45) is 1.89. The molecule has 0 radical (unpaired) electrons. The Bertz CT molecular complexity index is 514. The molecule has 0 amide bonds. The first kappa shape index (κ1) is 19.6. The van der Waals surface area contributed by atoms with Crippen molar-refractivity contribution in [2.24, 2.45) is 0 Å². The molecule has 0 unspecified atom stereocenters. The molecule has 0 spiro atoms. The second-order valence-corrected chi connectivity index (χ2v) is 3.94. The first-order chi connectivity index (χ1) is 9.72. The molecule has 0 saturated carbocycles. The number of halogens is 2. The Hall–Kier alpha value is -0.370. The quantitative estimate of drug-likeness (QED) is 0.501. The Morgan fingerprint density at radius 3 is 2.15 bits per heavy atom. The largest absolute Gasteiger partial charge is 0.386 e. The van der Waals surface area contributed by atoms with Gasteiger partial charge in [0.15, 0.2) is 0 Å². The van der Waals surface area contributed by atoms with Crippen molar-refractivity contribution in [3.8, 4) is 11.1 Å². The van der Waals surface area contributed by atoms with E-state index in [1.807, 2.05) is 34.0 Å². The molecular formula is C16H22I2N2. The molecule has 0 bridgehead atoms. The SMILES string of the molecule is CC.CNc1cnc(C)cc1-c1ccccc1C.II. The fourth-order valence-corrected chi connectivity index (χ4v) is 1.86. The average Bonchev–Trinajstić information content (AvgIpc) is 2.52. The molecule has 110 valence electrons. The van der Waals surface area contributed by atoms with Gasteiger partial charge in [0, 0.05) is 55.5 Å². The van der Waals surface area contributed by atoms with Crippen LogP contribution in [0.25, 0.3) is 11.1 Å². The lowest BCUT2D eigenvalue weighted by Gasteiger charge is -2.11. The number of benzene rings is 1. The van der Waals surface area contributed by atoms with Crippen LogP contribution in [-0.2, 0) is 0 Å². The van der Waals surface area contributed by atoms with Gasteiger partial charge in [-0.1, -0.05) is 38.1 Å². The highest BCUT2D eigenvalue weighted by atomic mass is 128. The molecule has 1 heterocycles. The van der Waals surface area contributed by atoms with E-state index in [4.69, 9.17) is 0 Å². The molecule has 1 aromatic carbocycles. The smallest absolute Gasteiger partial charge is 0.0604 e. The third-order valence-electron chi connectivity index (χ3n) is 2.75. The summed E-state index contributed by atoms with van der Waals surface area (Å²) >= 11 is 4.24. The van der Waals surface area contributed by atoms with E-state index in [9.17, 15) is 0 Å². The average molecular weight is 496 g/mol. The number of aromatic nitrogens is 1. The minimum Gasteiger partial charge on any atom is -0.386 e. The first-order valence-corrected chi connectivity index (χ1v) is 12.9. The van der Waals surface area contributed by atoms with Crippen molar-refractivity contribution in [1.29, 1.82) is 0 Å². The van der Waals surface area contributed by atoms with Crippen molar-refractivity contribution >= 4 is 42.9 Å². The standard InChI is InChI=1S/C14H16N2.C2H6.I2/c1-10-6-4-5-7-12(10)13-8-11(2)16-9-14(13)15-3;2*1-2/h4-9,15H,1-3H3;1-2H3;. The number of rotatable bonds is 2. The van der Waals surface area contributed by atoms with Crippen molar-refractivity contribution in [3.63, 3.8) is 0 Å². The third-order valence-corrected chi connectivity index (χ3v) is 2.75. The van der Waals surface area contributed by atoms with Crippen LogP contribution < -0.4 is 5.32 Å². The number of hydrogen-bond donors (Lipinski definition) is 1. The van der Waals surface area contributed by atoms with Crippen molar-refractivity contribution in [1.82, 2.24) is 4.98 Å². The summed E-state index contributed by atoms with van der Waals surface area (Å²) in [6, 6.07) is 10.5. The molecule has 1 aromatic heterocycles. The van der Waals surface area contributed by atoms with Gasteiger partial charge in [0.25, 0.3) is 0 Å². The molecule has 0 aliphatic heterocycles. The molecule has 2 rings (SSSR count). The van der Waals surface area contributed by atoms with Crippen LogP contribution in [0.3, 0.4) is 0 Å². The van der Waals surface area contributed by atoms with Gasteiger partial charge in [0.05, 0.1) is 11.9 Å². The zero-order valence-electron chi connectivity index (χ0n) is 12.7. The van der Waals surface area contributed by atoms with Crippen LogP contribution in [0.2, 0.25) is 0 Å². The fourth-order valence-electron chi connectivity index (χ4n) is 1.86. The van der Waals surface area contributed by atoms with E-state index in [1.54, 1.807) is 0 Å². The Kier molecular flexibility index (Phi) is 11.1. The van der Waals surface area contributed by atoms with Crippen molar-refractivity contribution in [3.05, 3.63) is 47.8 Å². The lowest BCUT2D eigenvalue weighted by molar-refractivity contribution is 1.20. The Morgan fingerprint density at radius 2 is 1.60 bits per heavy atom. The van der Waals surface area contributed by atoms with E-state index in [1.165, 1.54) is 16.7 Å². The van der Waals surface area contributed by atoms with Crippen molar-refractivity contribution in [2.45, 2.75) is 27.7 Å². The van der Waals surface area contributed by atoms with E-state index in [2.05, 4.69) is 84.8 Å². The maximum atomic E-state index is 4.30. The second kappa shape index (κ2) is 11.3. The molecule has 0 saturated heterocycles. The second-order valence-electron chi connectivity index (χ2n) is 3.94. The molecule has 4 heteroatoms. The molecule has 2 nitrogen and oxygen atoms in total. The number of hydrogen-bond acceptors (Lipinski definition) is 2. The first-order valence-electron chi connectivity index (χ1n) is 6.57. The summed E-state index contributed by atoms with van der Waals surface area (Å²) in [5.74, 6) is 0. The maximum absolute atomic E-state index is 4.30. The maximum Gasteiger partial charge on any atom is 0.0604 e. The van der Waals surface area contributed by atoms with Gasteiger partial charge in [0.1, 0.15) is 0 Å². The minimum absolute atomic E-state index is 1.04. The molecular weight excluding hydrogens is 474 g/mol. The monoisotopic (exact) mass is 496 g/mol. The van der Waals surface area contributed by atoms with E-state index < -0.39 is 0 Å². The molecule has 1 N–H and O–H groups in total. The topological polar surface area (TPSA) is 24.9 Å². The van der Waals surface area contributed by atoms with Crippen LogP contribution >= 0.6 is 37.2 Å². The summed E-state index contributed by atoms with van der Waals surface area (Å²) in [4.78, 5) is 4.30. The number of aryl methyl sites for hydroxylation is 2. The van der Waals surface area contributed by atoms with Crippen LogP contribution in [0.4, 0.5) is 5.69 Å². The van der Waals surface area contributed by atoms with Crippen molar-refractivity contribution < 1.29 is 0 Å². The van der Waals surface area contributed by atoms with E-state index in [-0.39, 0.29) is 0 Å². The number of nitrogens with zero attached hydrogens (tertiary/aromatic N) is 1. The lowest BCUT2D eigenvalue weighted by Crippen LogP contribution is -1.95. The fraction of sp³-hybridized carbons (Fsp3) is 0.312. The van der Waals surface area contributed by atoms with Gasteiger partial charge >= 0.3 is 0 Å². The van der Waals surface area contributed by atoms with Crippen molar-refractivity contribution in [2.75, 3.05) is 12.4 Å². The number of pyridine rings is 1. The van der Waals surface area contributed by atoms with Gasteiger partial charge in [-0.25, -0.2) is 0 Å². The zero-order chi connectivity index (χ0) is 15.5. The van der Waals surface area contributed by atoms with E-state index in [0.717, 1.165) is 11.4 Å². The highest BCUT2D eigenvalue weighted by Crippen LogP contribution is 2.29. The van der Waals surface area contributed by atoms with Crippen LogP contribution in [-0.4, -0.2) is 12.0 Å². The van der Waals surface area contributed by atoms with E-state index >= 15 is 0 Å². The zero-order valence-corrected chi connectivity index (χ0v) is 17.0. The molecule has 0 atom stereocenters. The summed E-state index contributed by atoms with van der Waals surface area (Å²) < 4.78 is 0. The van der Waals surface area contributed by atoms with Gasteiger partial charge in [-0.15, -0.1) is 0 Å². The molecule has 2 aromatic rings. The molecule has 20 heavy (non-hydrogen) atoms. The molecule has 0 fully saturated rings. The van der Waals surface area contributed by atoms with Crippen LogP contribution in [0, 0.1) is 13.8 Å². The Balaban J connectivity index is 0.000000829. The lowest BCUT2D eigenvalue weighted by atomic mass is 9.99. The van der Waals surface area contributed by atoms with Gasteiger partial charge in [-0.3, -0.25) is 4.98 Å². The van der Waals surface area contributed by atoms with Crippen LogP contribution in [0.1, 0.15) is 25.1 Å². The summed E-state index contributed by atoms with van der Waals surface area (Å²) in [7, 11) is 1.92. The van der Waals surface area contributed by atoms with Crippen LogP contribution in [0.15, 0.2) is 36.5 Å². The van der Waals surface area contributed by atoms with E-state index in [0.29, 0.717) is 0 Å². The van der Waals surface area contributed by atoms with Gasteiger partial charge < -0.3 is 5.32 Å². The predicted molar refractivity (Wildman–Crippen MR) is 108 cm³/mol.